The molecule has 2 fully saturated rings. The van der Waals surface area contributed by atoms with Gasteiger partial charge in [-0.05, 0) is 37.8 Å². The minimum atomic E-state index is -4.60. The van der Waals surface area contributed by atoms with Crippen molar-refractivity contribution in [3.8, 4) is 5.69 Å². The summed E-state index contributed by atoms with van der Waals surface area (Å²) in [4.78, 5) is 3.22. The Morgan fingerprint density at radius 3 is 2.77 bits per heavy atom. The van der Waals surface area contributed by atoms with E-state index in [1.54, 1.807) is 0 Å². The number of alkyl halides is 3. The lowest BCUT2D eigenvalue weighted by Gasteiger charge is -2.40. The van der Waals surface area contributed by atoms with Gasteiger partial charge in [-0.1, -0.05) is 13.3 Å². The molecule has 0 aromatic carbocycles. The second-order valence-corrected chi connectivity index (χ2v) is 9.89. The van der Waals surface area contributed by atoms with Crippen molar-refractivity contribution in [2.24, 2.45) is 11.8 Å². The second kappa shape index (κ2) is 8.15. The second-order valence-electron chi connectivity index (χ2n) is 8.17. The van der Waals surface area contributed by atoms with Crippen LogP contribution in [0.2, 0.25) is 0 Å². The minimum Gasteiger partial charge on any atom is -0.254 e. The van der Waals surface area contributed by atoms with Crippen molar-refractivity contribution in [3.63, 3.8) is 0 Å². The molecule has 3 N–H and O–H groups in total. The Hall–Kier alpha value is -2.02. The summed E-state index contributed by atoms with van der Waals surface area (Å²) >= 11 is 0. The molecule has 2 aromatic heterocycles. The summed E-state index contributed by atoms with van der Waals surface area (Å²) in [6.45, 7) is 4.07. The molecule has 1 aliphatic carbocycles. The van der Waals surface area contributed by atoms with E-state index in [2.05, 4.69) is 25.7 Å². The highest BCUT2D eigenvalue weighted by atomic mass is 32.2. The van der Waals surface area contributed by atoms with Crippen LogP contribution in [0.3, 0.4) is 0 Å². The van der Waals surface area contributed by atoms with Gasteiger partial charge in [0.05, 0.1) is 18.1 Å². The van der Waals surface area contributed by atoms with E-state index in [4.69, 9.17) is 0 Å². The number of rotatable bonds is 5. The van der Waals surface area contributed by atoms with Crippen LogP contribution < -0.4 is 15.6 Å². The van der Waals surface area contributed by atoms with Crippen molar-refractivity contribution in [3.05, 3.63) is 36.4 Å². The first kappa shape index (κ1) is 22.2. The van der Waals surface area contributed by atoms with Crippen molar-refractivity contribution in [2.75, 3.05) is 0 Å². The Morgan fingerprint density at radius 1 is 1.29 bits per heavy atom. The van der Waals surface area contributed by atoms with Gasteiger partial charge in [0.15, 0.2) is 0 Å². The third-order valence-electron chi connectivity index (χ3n) is 6.29. The van der Waals surface area contributed by atoms with E-state index in [-0.39, 0.29) is 40.5 Å². The highest BCUT2D eigenvalue weighted by Gasteiger charge is 2.46. The van der Waals surface area contributed by atoms with Gasteiger partial charge in [-0.2, -0.15) is 18.3 Å². The molecule has 12 heteroatoms. The predicted octanol–water partition coefficient (Wildman–Crippen LogP) is 2.23. The number of fused-ring (bicyclic) bond motifs is 1. The highest BCUT2D eigenvalue weighted by molar-refractivity contribution is 7.89. The van der Waals surface area contributed by atoms with Gasteiger partial charge in [0.1, 0.15) is 10.6 Å². The van der Waals surface area contributed by atoms with Crippen molar-refractivity contribution in [1.82, 2.24) is 30.3 Å². The summed E-state index contributed by atoms with van der Waals surface area (Å²) in [5, 5.41) is 3.97. The van der Waals surface area contributed by atoms with Gasteiger partial charge in [0.25, 0.3) is 0 Å². The molecule has 2 aliphatic rings. The van der Waals surface area contributed by atoms with Gasteiger partial charge in [-0.15, -0.1) is 0 Å². The normalized spacial score (nSPS) is 29.1. The van der Waals surface area contributed by atoms with Crippen LogP contribution in [0.25, 0.3) is 5.69 Å². The van der Waals surface area contributed by atoms with E-state index in [9.17, 15) is 21.6 Å². The topological polar surface area (TPSA) is 101 Å². The third-order valence-corrected chi connectivity index (χ3v) is 7.71. The van der Waals surface area contributed by atoms with Gasteiger partial charge in [0, 0.05) is 30.2 Å². The Bertz CT molecular complexity index is 1040. The maximum Gasteiger partial charge on any atom is 0.433 e. The Morgan fingerprint density at radius 2 is 2.06 bits per heavy atom. The van der Waals surface area contributed by atoms with E-state index >= 15 is 0 Å². The number of hydrogen-bond donors (Lipinski definition) is 3. The number of aromatic nitrogens is 3. The summed E-state index contributed by atoms with van der Waals surface area (Å²) in [6.07, 6.45) is 1.50. The molecule has 1 saturated carbocycles. The van der Waals surface area contributed by atoms with Crippen LogP contribution in [-0.4, -0.2) is 41.3 Å². The van der Waals surface area contributed by atoms with Crippen molar-refractivity contribution in [1.29, 1.82) is 0 Å². The standard InChI is InChI=1S/C19H25F3N6O2S/c1-3-12-4-5-15-17(11(2)25-26-15)18(12)27-31(29,30)14-9-24-28(10-14)13-6-7-23-16(8-13)19(20,21)22/h6-12,15,17-18,25-27H,3-5H2,1-2H3. The molecule has 0 bridgehead atoms. The Kier molecular flexibility index (Phi) is 5.83. The quantitative estimate of drug-likeness (QED) is 0.635. The zero-order chi connectivity index (χ0) is 22.4. The zero-order valence-electron chi connectivity index (χ0n) is 17.1. The SMILES string of the molecule is CCC1CCC2NNC(C)C2C1NS(=O)(=O)c1cnn(-c2ccnc(C(F)(F)F)c2)c1. The van der Waals surface area contributed by atoms with Crippen molar-refractivity contribution >= 4 is 10.0 Å². The molecule has 8 nitrogen and oxygen atoms in total. The van der Waals surface area contributed by atoms with E-state index in [1.165, 1.54) is 12.3 Å². The Balaban J connectivity index is 1.59. The maximum atomic E-state index is 13.1. The van der Waals surface area contributed by atoms with Crippen LogP contribution in [-0.2, 0) is 16.2 Å². The zero-order valence-corrected chi connectivity index (χ0v) is 17.9. The van der Waals surface area contributed by atoms with Crippen molar-refractivity contribution in [2.45, 2.75) is 62.3 Å². The van der Waals surface area contributed by atoms with Crippen LogP contribution in [0.5, 0.6) is 0 Å². The number of hydrazine groups is 1. The highest BCUT2D eigenvalue weighted by Crippen LogP contribution is 2.36. The molecule has 2 aromatic rings. The number of sulfonamides is 1. The molecule has 0 spiro atoms. The van der Waals surface area contributed by atoms with Gasteiger partial charge in [0.2, 0.25) is 10.0 Å². The van der Waals surface area contributed by atoms with Gasteiger partial charge >= 0.3 is 6.18 Å². The summed E-state index contributed by atoms with van der Waals surface area (Å²) in [5.74, 6) is 0.294. The van der Waals surface area contributed by atoms with Gasteiger partial charge in [-0.25, -0.2) is 17.8 Å². The van der Waals surface area contributed by atoms with Crippen LogP contribution >= 0.6 is 0 Å². The molecule has 5 atom stereocenters. The number of nitrogens with one attached hydrogen (secondary N) is 3. The monoisotopic (exact) mass is 458 g/mol. The van der Waals surface area contributed by atoms with Crippen molar-refractivity contribution < 1.29 is 21.6 Å². The smallest absolute Gasteiger partial charge is 0.254 e. The first-order chi connectivity index (χ1) is 14.6. The average Bonchev–Trinajstić information content (AvgIpc) is 3.36. The molecule has 31 heavy (non-hydrogen) atoms. The first-order valence-electron chi connectivity index (χ1n) is 10.2. The fourth-order valence-electron chi connectivity index (χ4n) is 4.68. The number of halogens is 3. The average molecular weight is 459 g/mol. The molecule has 0 radical (unpaired) electrons. The maximum absolute atomic E-state index is 13.1. The lowest BCUT2D eigenvalue weighted by molar-refractivity contribution is -0.141. The molecule has 1 saturated heterocycles. The molecule has 170 valence electrons. The first-order valence-corrected chi connectivity index (χ1v) is 11.7. The molecule has 1 aliphatic heterocycles. The van der Waals surface area contributed by atoms with E-state index in [0.717, 1.165) is 42.4 Å². The van der Waals surface area contributed by atoms with Crippen LogP contribution in [0.1, 0.15) is 38.8 Å². The molecule has 3 heterocycles. The molecular weight excluding hydrogens is 433 g/mol. The van der Waals surface area contributed by atoms with E-state index in [0.29, 0.717) is 0 Å². The van der Waals surface area contributed by atoms with Crippen LogP contribution in [0.4, 0.5) is 13.2 Å². The molecule has 0 amide bonds. The van der Waals surface area contributed by atoms with E-state index in [1.807, 2.05) is 13.8 Å². The van der Waals surface area contributed by atoms with Gasteiger partial charge < -0.3 is 0 Å². The number of pyridine rings is 1. The molecular formula is C19H25F3N6O2S. The molecule has 5 unspecified atom stereocenters. The summed E-state index contributed by atoms with van der Waals surface area (Å²) < 4.78 is 69.0. The number of nitrogens with zero attached hydrogens (tertiary/aromatic N) is 3. The van der Waals surface area contributed by atoms with Crippen LogP contribution in [0.15, 0.2) is 35.6 Å². The molecule has 4 rings (SSSR count). The Labute approximate surface area is 178 Å². The lowest BCUT2D eigenvalue weighted by Crippen LogP contribution is -2.54. The summed E-state index contributed by atoms with van der Waals surface area (Å²) in [7, 11) is -3.92. The predicted molar refractivity (Wildman–Crippen MR) is 106 cm³/mol. The number of hydrogen-bond acceptors (Lipinski definition) is 6. The van der Waals surface area contributed by atoms with Gasteiger partial charge in [-0.3, -0.25) is 15.8 Å². The van der Waals surface area contributed by atoms with Crippen LogP contribution in [0, 0.1) is 11.8 Å². The minimum absolute atomic E-state index is 0.0748. The third kappa shape index (κ3) is 4.34. The fourth-order valence-corrected chi connectivity index (χ4v) is 5.94. The van der Waals surface area contributed by atoms with E-state index < -0.39 is 21.9 Å². The lowest BCUT2D eigenvalue weighted by atomic mass is 9.72. The summed E-state index contributed by atoms with van der Waals surface area (Å²) in [6, 6.07) is 2.20. The largest absolute Gasteiger partial charge is 0.433 e. The fraction of sp³-hybridized carbons (Fsp3) is 0.579. The summed E-state index contributed by atoms with van der Waals surface area (Å²) in [5.41, 5.74) is 5.46.